The Morgan fingerprint density at radius 3 is 2.12 bits per heavy atom. The van der Waals surface area contributed by atoms with Crippen LogP contribution in [0, 0.1) is 6.07 Å². The molecule has 0 aliphatic rings. The lowest BCUT2D eigenvalue weighted by Crippen LogP contribution is -2.25. The number of hydrogen-bond acceptors (Lipinski definition) is 1. The van der Waals surface area contributed by atoms with Crippen LogP contribution in [-0.4, -0.2) is 13.1 Å². The van der Waals surface area contributed by atoms with Gasteiger partial charge in [0.05, 0.1) is 0 Å². The minimum absolute atomic E-state index is 1.19. The van der Waals surface area contributed by atoms with Crippen molar-refractivity contribution in [3.8, 4) is 0 Å². The smallest absolute Gasteiger partial charge is 0.0372 e. The van der Waals surface area contributed by atoms with Gasteiger partial charge in [-0.2, -0.15) is 0 Å². The first kappa shape index (κ1) is 14.1. The molecule has 0 aromatic heterocycles. The monoisotopic (exact) mass is 232 g/mol. The Morgan fingerprint density at radius 2 is 1.65 bits per heavy atom. The van der Waals surface area contributed by atoms with E-state index in [0.29, 0.717) is 0 Å². The maximum absolute atomic E-state index is 3.18. The summed E-state index contributed by atoms with van der Waals surface area (Å²) in [7, 11) is 0. The first-order valence-electron chi connectivity index (χ1n) is 7.09. The number of rotatable bonds is 9. The van der Waals surface area contributed by atoms with Crippen LogP contribution in [0.1, 0.15) is 52.4 Å². The summed E-state index contributed by atoms with van der Waals surface area (Å²) in [6.45, 7) is 6.90. The molecule has 0 bridgehead atoms. The van der Waals surface area contributed by atoms with Gasteiger partial charge in [0.2, 0.25) is 0 Å². The summed E-state index contributed by atoms with van der Waals surface area (Å²) in [6, 6.07) is 11.5. The van der Waals surface area contributed by atoms with E-state index in [-0.39, 0.29) is 0 Å². The van der Waals surface area contributed by atoms with Gasteiger partial charge in [0, 0.05) is 18.8 Å². The summed E-state index contributed by atoms with van der Waals surface area (Å²) in [5.41, 5.74) is 1.33. The quantitative estimate of drug-likeness (QED) is 0.559. The molecule has 1 aromatic rings. The Balaban J connectivity index is 2.46. The molecule has 1 heteroatoms. The topological polar surface area (TPSA) is 3.24 Å². The van der Waals surface area contributed by atoms with E-state index in [1.807, 2.05) is 6.07 Å². The van der Waals surface area contributed by atoms with Gasteiger partial charge in [-0.25, -0.2) is 0 Å². The molecule has 0 atom stereocenters. The van der Waals surface area contributed by atoms with Crippen LogP contribution >= 0.6 is 0 Å². The molecule has 1 rings (SSSR count). The van der Waals surface area contributed by atoms with Crippen LogP contribution in [0.5, 0.6) is 0 Å². The normalized spacial score (nSPS) is 10.5. The predicted octanol–water partition coefficient (Wildman–Crippen LogP) is 4.67. The maximum Gasteiger partial charge on any atom is 0.0372 e. The molecule has 1 radical (unpaired) electrons. The molecule has 1 aromatic carbocycles. The summed E-state index contributed by atoms with van der Waals surface area (Å²) in [5, 5.41) is 0. The van der Waals surface area contributed by atoms with Crippen LogP contribution in [0.2, 0.25) is 0 Å². The second kappa shape index (κ2) is 9.09. The highest BCUT2D eigenvalue weighted by molar-refractivity contribution is 5.45. The number of nitrogens with zero attached hydrogens (tertiary/aromatic N) is 1. The molecule has 17 heavy (non-hydrogen) atoms. The second-order valence-electron chi connectivity index (χ2n) is 4.66. The van der Waals surface area contributed by atoms with Gasteiger partial charge in [0.25, 0.3) is 0 Å². The average molecular weight is 232 g/mol. The standard InChI is InChI=1S/C16H26N/c1-3-5-10-14-17(15-11-6-4-2)16-12-8-7-9-13-16/h7-8,12-13H,3-6,10-11,14-15H2,1-2H3. The molecule has 0 spiro atoms. The van der Waals surface area contributed by atoms with Crippen LogP contribution in [0.15, 0.2) is 24.3 Å². The van der Waals surface area contributed by atoms with Crippen molar-refractivity contribution in [1.29, 1.82) is 0 Å². The molecule has 0 aliphatic heterocycles. The fourth-order valence-corrected chi connectivity index (χ4v) is 2.06. The van der Waals surface area contributed by atoms with Crippen molar-refractivity contribution in [2.75, 3.05) is 18.0 Å². The molecular weight excluding hydrogens is 206 g/mol. The third-order valence-corrected chi connectivity index (χ3v) is 3.12. The highest BCUT2D eigenvalue weighted by atomic mass is 15.1. The van der Waals surface area contributed by atoms with Crippen molar-refractivity contribution < 1.29 is 0 Å². The largest absolute Gasteiger partial charge is 0.372 e. The van der Waals surface area contributed by atoms with E-state index in [4.69, 9.17) is 0 Å². The van der Waals surface area contributed by atoms with Gasteiger partial charge in [-0.15, -0.1) is 0 Å². The Hall–Kier alpha value is -0.980. The van der Waals surface area contributed by atoms with Crippen LogP contribution < -0.4 is 4.90 Å². The van der Waals surface area contributed by atoms with Gasteiger partial charge < -0.3 is 4.90 Å². The van der Waals surface area contributed by atoms with Gasteiger partial charge in [0.1, 0.15) is 0 Å². The van der Waals surface area contributed by atoms with Gasteiger partial charge in [0.15, 0.2) is 0 Å². The fraction of sp³-hybridized carbons (Fsp3) is 0.625. The number of unbranched alkanes of at least 4 members (excludes halogenated alkanes) is 4. The van der Waals surface area contributed by atoms with Crippen LogP contribution in [-0.2, 0) is 0 Å². The summed E-state index contributed by atoms with van der Waals surface area (Å²) in [4.78, 5) is 2.52. The Bertz CT molecular complexity index is 258. The van der Waals surface area contributed by atoms with Crippen molar-refractivity contribution in [1.82, 2.24) is 0 Å². The lowest BCUT2D eigenvalue weighted by molar-refractivity contribution is 0.636. The third kappa shape index (κ3) is 5.76. The number of benzene rings is 1. The number of hydrogen-bond donors (Lipinski definition) is 0. The van der Waals surface area contributed by atoms with E-state index in [1.165, 1.54) is 57.3 Å². The van der Waals surface area contributed by atoms with Crippen molar-refractivity contribution in [3.05, 3.63) is 30.3 Å². The summed E-state index contributed by atoms with van der Waals surface area (Å²) < 4.78 is 0. The lowest BCUT2D eigenvalue weighted by Gasteiger charge is -2.24. The van der Waals surface area contributed by atoms with E-state index >= 15 is 0 Å². The Morgan fingerprint density at radius 1 is 1.00 bits per heavy atom. The SMILES string of the molecule is CCCCCN(CCCCC)c1c[c]ccc1. The lowest BCUT2D eigenvalue weighted by atomic mass is 10.2. The molecule has 0 heterocycles. The van der Waals surface area contributed by atoms with Crippen LogP contribution in [0.4, 0.5) is 5.69 Å². The molecule has 0 saturated heterocycles. The Labute approximate surface area is 107 Å². The summed E-state index contributed by atoms with van der Waals surface area (Å²) in [6.07, 6.45) is 7.87. The van der Waals surface area contributed by atoms with E-state index in [2.05, 4.69) is 43.0 Å². The number of anilines is 1. The van der Waals surface area contributed by atoms with E-state index < -0.39 is 0 Å². The van der Waals surface area contributed by atoms with Gasteiger partial charge in [-0.1, -0.05) is 51.7 Å². The summed E-state index contributed by atoms with van der Waals surface area (Å²) in [5.74, 6) is 0. The Kier molecular flexibility index (Phi) is 7.53. The zero-order valence-electron chi connectivity index (χ0n) is 11.4. The van der Waals surface area contributed by atoms with E-state index in [1.54, 1.807) is 0 Å². The molecule has 0 amide bonds. The molecule has 1 nitrogen and oxygen atoms in total. The second-order valence-corrected chi connectivity index (χ2v) is 4.66. The van der Waals surface area contributed by atoms with Crippen molar-refractivity contribution in [3.63, 3.8) is 0 Å². The van der Waals surface area contributed by atoms with Gasteiger partial charge >= 0.3 is 0 Å². The first-order valence-corrected chi connectivity index (χ1v) is 7.09. The third-order valence-electron chi connectivity index (χ3n) is 3.12. The molecule has 0 fully saturated rings. The van der Waals surface area contributed by atoms with E-state index in [0.717, 1.165) is 0 Å². The predicted molar refractivity (Wildman–Crippen MR) is 76.5 cm³/mol. The molecule has 0 aliphatic carbocycles. The van der Waals surface area contributed by atoms with Crippen LogP contribution in [0.25, 0.3) is 0 Å². The fourth-order valence-electron chi connectivity index (χ4n) is 2.06. The van der Waals surface area contributed by atoms with Crippen molar-refractivity contribution in [2.24, 2.45) is 0 Å². The van der Waals surface area contributed by atoms with Crippen LogP contribution in [0.3, 0.4) is 0 Å². The molecule has 0 unspecified atom stereocenters. The van der Waals surface area contributed by atoms with Gasteiger partial charge in [-0.3, -0.25) is 0 Å². The molecule has 0 saturated carbocycles. The van der Waals surface area contributed by atoms with Crippen molar-refractivity contribution in [2.45, 2.75) is 52.4 Å². The molecule has 95 valence electrons. The molecular formula is C16H26N. The zero-order chi connectivity index (χ0) is 12.3. The maximum atomic E-state index is 3.18. The average Bonchev–Trinajstić information content (AvgIpc) is 2.38. The first-order chi connectivity index (χ1) is 8.38. The minimum Gasteiger partial charge on any atom is -0.372 e. The minimum atomic E-state index is 1.19. The summed E-state index contributed by atoms with van der Waals surface area (Å²) >= 11 is 0. The highest BCUT2D eigenvalue weighted by Crippen LogP contribution is 2.15. The highest BCUT2D eigenvalue weighted by Gasteiger charge is 2.04. The van der Waals surface area contributed by atoms with Gasteiger partial charge in [-0.05, 0) is 31.0 Å². The van der Waals surface area contributed by atoms with Crippen molar-refractivity contribution >= 4 is 5.69 Å². The molecule has 0 N–H and O–H groups in total. The zero-order valence-corrected chi connectivity index (χ0v) is 11.4. The van der Waals surface area contributed by atoms with E-state index in [9.17, 15) is 0 Å².